The van der Waals surface area contributed by atoms with E-state index in [1.165, 1.54) is 12.1 Å². The molecule has 1 nitrogen and oxygen atoms in total. The molecule has 0 aliphatic rings. The van der Waals surface area contributed by atoms with Gasteiger partial charge in [0.15, 0.2) is 0 Å². The van der Waals surface area contributed by atoms with E-state index < -0.39 is 11.7 Å². The summed E-state index contributed by atoms with van der Waals surface area (Å²) >= 11 is 6.38. The zero-order chi connectivity index (χ0) is 14.0. The van der Waals surface area contributed by atoms with Crippen molar-refractivity contribution in [1.29, 1.82) is 0 Å². The number of hydrogen-bond acceptors (Lipinski definition) is 1. The zero-order valence-electron chi connectivity index (χ0n) is 9.34. The summed E-state index contributed by atoms with van der Waals surface area (Å²) in [4.78, 5) is 0. The summed E-state index contributed by atoms with van der Waals surface area (Å²) in [7, 11) is 0. The van der Waals surface area contributed by atoms with Crippen LogP contribution in [0, 0.1) is 0 Å². The molecule has 0 saturated carbocycles. The van der Waals surface area contributed by atoms with Gasteiger partial charge < -0.3 is 4.74 Å². The van der Waals surface area contributed by atoms with E-state index in [4.69, 9.17) is 4.74 Å². The van der Waals surface area contributed by atoms with Crippen molar-refractivity contribution >= 4 is 31.9 Å². The zero-order valence-corrected chi connectivity index (χ0v) is 12.5. The lowest BCUT2D eigenvalue weighted by atomic mass is 10.2. The molecule has 0 spiro atoms. The van der Waals surface area contributed by atoms with E-state index >= 15 is 0 Å². The molecule has 0 bridgehead atoms. The molecule has 0 unspecified atom stereocenters. The van der Waals surface area contributed by atoms with Crippen LogP contribution in [0.15, 0.2) is 51.4 Å². The highest BCUT2D eigenvalue weighted by Crippen LogP contribution is 2.39. The highest BCUT2D eigenvalue weighted by Gasteiger charge is 2.34. The molecule has 0 heterocycles. The fourth-order valence-corrected chi connectivity index (χ4v) is 2.05. The quantitative estimate of drug-likeness (QED) is 0.603. The predicted molar refractivity (Wildman–Crippen MR) is 73.4 cm³/mol. The highest BCUT2D eigenvalue weighted by molar-refractivity contribution is 9.10. The van der Waals surface area contributed by atoms with Crippen LogP contribution < -0.4 is 4.74 Å². The molecule has 2 aromatic rings. The number of ether oxygens (including phenoxy) is 1. The minimum absolute atomic E-state index is 0.232. The van der Waals surface area contributed by atoms with Crippen LogP contribution >= 0.6 is 31.9 Å². The number of halogens is 5. The summed E-state index contributed by atoms with van der Waals surface area (Å²) in [6.45, 7) is 0. The van der Waals surface area contributed by atoms with E-state index in [1.807, 2.05) is 0 Å². The first kappa shape index (κ1) is 14.4. The first-order valence-electron chi connectivity index (χ1n) is 5.16. The molecule has 0 saturated heterocycles. The van der Waals surface area contributed by atoms with E-state index in [1.54, 1.807) is 24.3 Å². The van der Waals surface area contributed by atoms with Crippen LogP contribution in [0.2, 0.25) is 0 Å². The van der Waals surface area contributed by atoms with Gasteiger partial charge >= 0.3 is 6.18 Å². The van der Waals surface area contributed by atoms with Crippen molar-refractivity contribution in [3.8, 4) is 11.5 Å². The van der Waals surface area contributed by atoms with Gasteiger partial charge in [-0.05, 0) is 42.5 Å². The maximum Gasteiger partial charge on any atom is 0.419 e. The predicted octanol–water partition coefficient (Wildman–Crippen LogP) is 6.02. The third-order valence-corrected chi connectivity index (χ3v) is 3.31. The Balaban J connectivity index is 2.38. The molecule has 0 aliphatic heterocycles. The maximum atomic E-state index is 12.8. The van der Waals surface area contributed by atoms with Crippen LogP contribution in [-0.4, -0.2) is 0 Å². The minimum Gasteiger partial charge on any atom is -0.457 e. The Labute approximate surface area is 124 Å². The Morgan fingerprint density at radius 2 is 1.42 bits per heavy atom. The SMILES string of the molecule is FC(F)(F)c1ccc(Br)cc1Oc1ccc(Br)cc1. The lowest BCUT2D eigenvalue weighted by molar-refractivity contribution is -0.138. The summed E-state index contributed by atoms with van der Waals surface area (Å²) in [5.74, 6) is 0.107. The molecule has 0 amide bonds. The maximum absolute atomic E-state index is 12.8. The molecule has 2 aromatic carbocycles. The molecular weight excluding hydrogens is 389 g/mol. The van der Waals surface area contributed by atoms with Gasteiger partial charge in [-0.3, -0.25) is 0 Å². The first-order valence-corrected chi connectivity index (χ1v) is 6.75. The molecule has 0 fully saturated rings. The number of rotatable bonds is 2. The second kappa shape index (κ2) is 5.54. The molecule has 0 aliphatic carbocycles. The third-order valence-electron chi connectivity index (χ3n) is 2.29. The van der Waals surface area contributed by atoms with Gasteiger partial charge in [-0.25, -0.2) is 0 Å². The van der Waals surface area contributed by atoms with Crippen molar-refractivity contribution < 1.29 is 17.9 Å². The van der Waals surface area contributed by atoms with Crippen molar-refractivity contribution in [2.45, 2.75) is 6.18 Å². The van der Waals surface area contributed by atoms with E-state index in [0.29, 0.717) is 10.2 Å². The van der Waals surface area contributed by atoms with Gasteiger partial charge in [0.2, 0.25) is 0 Å². The number of alkyl halides is 3. The fourth-order valence-electron chi connectivity index (χ4n) is 1.44. The van der Waals surface area contributed by atoms with Crippen LogP contribution in [-0.2, 0) is 6.18 Å². The number of benzene rings is 2. The third kappa shape index (κ3) is 3.73. The van der Waals surface area contributed by atoms with Gasteiger partial charge in [0.25, 0.3) is 0 Å². The topological polar surface area (TPSA) is 9.23 Å². The standard InChI is InChI=1S/C13H7Br2F3O/c14-8-1-4-10(5-2-8)19-12-7-9(15)3-6-11(12)13(16,17)18/h1-7H. The Morgan fingerprint density at radius 1 is 0.842 bits per heavy atom. The second-order valence-electron chi connectivity index (χ2n) is 3.69. The molecule has 0 atom stereocenters. The molecular formula is C13H7Br2F3O. The van der Waals surface area contributed by atoms with Crippen LogP contribution in [0.3, 0.4) is 0 Å². The number of hydrogen-bond donors (Lipinski definition) is 0. The summed E-state index contributed by atoms with van der Waals surface area (Å²) in [5.41, 5.74) is -0.807. The molecule has 100 valence electrons. The van der Waals surface area contributed by atoms with Crippen molar-refractivity contribution in [2.24, 2.45) is 0 Å². The van der Waals surface area contributed by atoms with Crippen LogP contribution in [0.5, 0.6) is 11.5 Å². The van der Waals surface area contributed by atoms with Gasteiger partial charge in [-0.15, -0.1) is 0 Å². The first-order chi connectivity index (χ1) is 8.86. The molecule has 2 rings (SSSR count). The fraction of sp³-hybridized carbons (Fsp3) is 0.0769. The van der Waals surface area contributed by atoms with Crippen LogP contribution in [0.1, 0.15) is 5.56 Å². The average molecular weight is 396 g/mol. The average Bonchev–Trinajstić information content (AvgIpc) is 2.30. The lowest BCUT2D eigenvalue weighted by Crippen LogP contribution is -2.07. The van der Waals surface area contributed by atoms with Gasteiger partial charge in [0.1, 0.15) is 11.5 Å². The normalized spacial score (nSPS) is 11.4. The van der Waals surface area contributed by atoms with Crippen LogP contribution in [0.25, 0.3) is 0 Å². The highest BCUT2D eigenvalue weighted by atomic mass is 79.9. The summed E-state index contributed by atoms with van der Waals surface area (Å²) in [6, 6.07) is 10.2. The largest absolute Gasteiger partial charge is 0.457 e. The Morgan fingerprint density at radius 3 is 2.00 bits per heavy atom. The van der Waals surface area contributed by atoms with Crippen LogP contribution in [0.4, 0.5) is 13.2 Å². The molecule has 0 radical (unpaired) electrons. The monoisotopic (exact) mass is 394 g/mol. The van der Waals surface area contributed by atoms with E-state index in [2.05, 4.69) is 31.9 Å². The van der Waals surface area contributed by atoms with Gasteiger partial charge in [-0.2, -0.15) is 13.2 Å². The summed E-state index contributed by atoms with van der Waals surface area (Å²) in [6.07, 6.45) is -4.45. The van der Waals surface area contributed by atoms with Crippen molar-refractivity contribution in [3.05, 3.63) is 57.0 Å². The summed E-state index contributed by atoms with van der Waals surface area (Å²) in [5, 5.41) is 0. The lowest BCUT2D eigenvalue weighted by Gasteiger charge is -2.14. The Bertz CT molecular complexity index is 579. The Hall–Kier alpha value is -1.01. The second-order valence-corrected chi connectivity index (χ2v) is 5.53. The van der Waals surface area contributed by atoms with Crippen molar-refractivity contribution in [2.75, 3.05) is 0 Å². The van der Waals surface area contributed by atoms with Gasteiger partial charge in [0, 0.05) is 8.95 Å². The molecule has 19 heavy (non-hydrogen) atoms. The van der Waals surface area contributed by atoms with Gasteiger partial charge in [0.05, 0.1) is 5.56 Å². The Kier molecular flexibility index (Phi) is 4.20. The molecule has 6 heteroatoms. The summed E-state index contributed by atoms with van der Waals surface area (Å²) < 4.78 is 45.2. The van der Waals surface area contributed by atoms with Crippen molar-refractivity contribution in [3.63, 3.8) is 0 Å². The van der Waals surface area contributed by atoms with E-state index in [0.717, 1.165) is 10.5 Å². The smallest absolute Gasteiger partial charge is 0.419 e. The molecule has 0 N–H and O–H groups in total. The molecule has 0 aromatic heterocycles. The van der Waals surface area contributed by atoms with Gasteiger partial charge in [-0.1, -0.05) is 31.9 Å². The van der Waals surface area contributed by atoms with E-state index in [9.17, 15) is 13.2 Å². The minimum atomic E-state index is -4.45. The van der Waals surface area contributed by atoms with E-state index in [-0.39, 0.29) is 5.75 Å². The van der Waals surface area contributed by atoms with Crippen molar-refractivity contribution in [1.82, 2.24) is 0 Å².